The fourth-order valence-electron chi connectivity index (χ4n) is 2.90. The van der Waals surface area contributed by atoms with Gasteiger partial charge in [-0.15, -0.1) is 0 Å². The Morgan fingerprint density at radius 3 is 1.96 bits per heavy atom. The minimum absolute atomic E-state index is 0.0278. The summed E-state index contributed by atoms with van der Waals surface area (Å²) in [5.74, 6) is -2.38. The first-order valence-corrected chi connectivity index (χ1v) is 8.58. The highest BCUT2D eigenvalue weighted by Crippen LogP contribution is 2.50. The molecule has 3 atom stereocenters. The molecule has 0 aromatic heterocycles. The third kappa shape index (κ3) is 3.76. The van der Waals surface area contributed by atoms with Crippen molar-refractivity contribution in [3.05, 3.63) is 0 Å². The van der Waals surface area contributed by atoms with Crippen LogP contribution in [0.1, 0.15) is 25.7 Å². The van der Waals surface area contributed by atoms with E-state index in [4.69, 9.17) is 0 Å². The van der Waals surface area contributed by atoms with E-state index >= 15 is 0 Å². The second kappa shape index (κ2) is 6.78. The highest BCUT2D eigenvalue weighted by atomic mass is 127. The predicted molar refractivity (Wildman–Crippen MR) is 78.5 cm³/mol. The van der Waals surface area contributed by atoms with Crippen LogP contribution in [-0.4, -0.2) is 51.6 Å². The second-order valence-corrected chi connectivity index (χ2v) is 7.42. The highest BCUT2D eigenvalue weighted by Gasteiger charge is 2.76. The Labute approximate surface area is 147 Å². The van der Waals surface area contributed by atoms with Crippen molar-refractivity contribution in [3.63, 3.8) is 0 Å². The van der Waals surface area contributed by atoms with Crippen molar-refractivity contribution in [2.75, 3.05) is 6.54 Å². The number of carbonyl (C=O) groups is 1. The van der Waals surface area contributed by atoms with Gasteiger partial charge >= 0.3 is 18.3 Å². The smallest absolute Gasteiger partial charge is 0.430 e. The molecule has 3 unspecified atom stereocenters. The van der Waals surface area contributed by atoms with Crippen LogP contribution in [0.3, 0.4) is 0 Å². The van der Waals surface area contributed by atoms with Gasteiger partial charge in [-0.25, -0.2) is 0 Å². The van der Waals surface area contributed by atoms with E-state index in [0.717, 1.165) is 0 Å². The van der Waals surface area contributed by atoms with Gasteiger partial charge in [0.05, 0.1) is 0 Å². The van der Waals surface area contributed by atoms with Gasteiger partial charge in [-0.2, -0.15) is 26.3 Å². The van der Waals surface area contributed by atoms with Crippen molar-refractivity contribution in [2.45, 2.75) is 59.7 Å². The molecule has 1 aliphatic heterocycles. The summed E-state index contributed by atoms with van der Waals surface area (Å²) in [5, 5.41) is 12.4. The normalized spacial score (nSPS) is 25.4. The molecule has 1 aliphatic carbocycles. The third-order valence-corrected chi connectivity index (χ3v) is 5.74. The summed E-state index contributed by atoms with van der Waals surface area (Å²) < 4.78 is 82.6. The Balaban J connectivity index is 2.34. The number of carbonyl (C=O) groups excluding carboxylic acids is 1. The molecule has 1 saturated heterocycles. The topological polar surface area (TPSA) is 68.5 Å². The lowest BCUT2D eigenvalue weighted by atomic mass is 9.84. The molecular weight excluding hydrogens is 459 g/mol. The molecule has 2 N–H and O–H groups in total. The lowest BCUT2D eigenvalue weighted by molar-refractivity contribution is -0.395. The van der Waals surface area contributed by atoms with Gasteiger partial charge in [-0.1, -0.05) is 35.4 Å². The number of esters is 1. The number of nitrogens with one attached hydrogen (secondary N) is 1. The van der Waals surface area contributed by atoms with Gasteiger partial charge in [0.2, 0.25) is 0 Å². The van der Waals surface area contributed by atoms with Gasteiger partial charge in [0, 0.05) is 12.6 Å². The summed E-state index contributed by atoms with van der Waals surface area (Å²) in [6, 6.07) is -0.341. The van der Waals surface area contributed by atoms with Crippen molar-refractivity contribution in [3.8, 4) is 0 Å². The van der Waals surface area contributed by atoms with E-state index in [0.29, 0.717) is 19.4 Å². The van der Waals surface area contributed by atoms with Crippen molar-refractivity contribution in [1.29, 1.82) is 0 Å². The van der Waals surface area contributed by atoms with E-state index in [1.165, 1.54) is 0 Å². The molecule has 4 nitrogen and oxygen atoms in total. The Hall–Kier alpha value is -0.300. The molecule has 0 radical (unpaired) electrons. The van der Waals surface area contributed by atoms with Crippen LogP contribution in [0, 0.1) is 5.92 Å². The van der Waals surface area contributed by atoms with E-state index < -0.39 is 39.9 Å². The van der Waals surface area contributed by atoms with Crippen LogP contribution in [0.15, 0.2) is 0 Å². The maximum atomic E-state index is 13.2. The standard InChI is InChI=1S/C13H16F6INO3/c14-12(15,16)11(23,13(17,18)19)9(6-3-1-2-4-6)24-10(22)8(20)7-5-21-7/h6-9,21,23H,1-5H2. The van der Waals surface area contributed by atoms with Crippen LogP contribution in [0.4, 0.5) is 26.3 Å². The predicted octanol–water partition coefficient (Wildman–Crippen LogP) is 2.72. The molecular formula is C13H16F6INO3. The fraction of sp³-hybridized carbons (Fsp3) is 0.923. The van der Waals surface area contributed by atoms with Gasteiger partial charge < -0.3 is 15.2 Å². The van der Waals surface area contributed by atoms with Gasteiger partial charge in [-0.3, -0.25) is 4.79 Å². The first kappa shape index (κ1) is 20.0. The van der Waals surface area contributed by atoms with Crippen LogP contribution in [0.2, 0.25) is 0 Å². The number of aliphatic hydroxyl groups is 1. The summed E-state index contributed by atoms with van der Waals surface area (Å²) >= 11 is 1.61. The van der Waals surface area contributed by atoms with Gasteiger partial charge in [-0.05, 0) is 18.8 Å². The van der Waals surface area contributed by atoms with E-state index in [9.17, 15) is 36.2 Å². The maximum Gasteiger partial charge on any atom is 0.430 e. The molecule has 0 amide bonds. The zero-order chi connectivity index (χ0) is 18.3. The molecule has 2 rings (SSSR count). The SMILES string of the molecule is O=C(OC(C1CCCC1)C(O)(C(F)(F)F)C(F)(F)F)C(I)C1CN1. The Morgan fingerprint density at radius 2 is 1.58 bits per heavy atom. The van der Waals surface area contributed by atoms with Crippen molar-refractivity contribution in [1.82, 2.24) is 5.32 Å². The number of hydrogen-bond donors (Lipinski definition) is 2. The monoisotopic (exact) mass is 475 g/mol. The molecule has 1 saturated carbocycles. The Bertz CT molecular complexity index is 459. The second-order valence-electron chi connectivity index (χ2n) is 6.08. The van der Waals surface area contributed by atoms with Crippen LogP contribution in [0.25, 0.3) is 0 Å². The minimum atomic E-state index is -6.02. The molecule has 0 bridgehead atoms. The lowest BCUT2D eigenvalue weighted by Gasteiger charge is -2.40. The van der Waals surface area contributed by atoms with Crippen molar-refractivity contribution >= 4 is 28.6 Å². The average Bonchev–Trinajstić information content (AvgIpc) is 3.16. The molecule has 24 heavy (non-hydrogen) atoms. The number of halogens is 7. The maximum absolute atomic E-state index is 13.2. The molecule has 1 heterocycles. The number of rotatable bonds is 5. The summed E-state index contributed by atoms with van der Waals surface area (Å²) in [6.07, 6.45) is -13.8. The van der Waals surface area contributed by atoms with Crippen molar-refractivity contribution < 1.29 is 41.0 Å². The summed E-state index contributed by atoms with van der Waals surface area (Å²) in [7, 11) is 0. The zero-order valence-electron chi connectivity index (χ0n) is 12.3. The number of ether oxygens (including phenoxy) is 1. The lowest BCUT2D eigenvalue weighted by Crippen LogP contribution is -2.67. The zero-order valence-corrected chi connectivity index (χ0v) is 14.4. The Morgan fingerprint density at radius 1 is 1.12 bits per heavy atom. The molecule has 0 aromatic carbocycles. The number of hydrogen-bond acceptors (Lipinski definition) is 4. The molecule has 0 spiro atoms. The first-order valence-electron chi connectivity index (χ1n) is 7.33. The largest absolute Gasteiger partial charge is 0.457 e. The minimum Gasteiger partial charge on any atom is -0.457 e. The molecule has 0 aromatic rings. The average molecular weight is 475 g/mol. The van der Waals surface area contributed by atoms with Crippen LogP contribution < -0.4 is 5.32 Å². The van der Waals surface area contributed by atoms with E-state index in [2.05, 4.69) is 10.1 Å². The number of alkyl halides is 7. The summed E-state index contributed by atoms with van der Waals surface area (Å²) in [4.78, 5) is 12.0. The van der Waals surface area contributed by atoms with Crippen LogP contribution >= 0.6 is 22.6 Å². The third-order valence-electron chi connectivity index (χ3n) is 4.37. The van der Waals surface area contributed by atoms with Gasteiger partial charge in [0.1, 0.15) is 3.92 Å². The van der Waals surface area contributed by atoms with E-state index in [1.54, 1.807) is 22.6 Å². The highest BCUT2D eigenvalue weighted by molar-refractivity contribution is 14.1. The van der Waals surface area contributed by atoms with E-state index in [-0.39, 0.29) is 18.9 Å². The van der Waals surface area contributed by atoms with E-state index in [1.807, 2.05) is 0 Å². The summed E-state index contributed by atoms with van der Waals surface area (Å²) in [6.45, 7) is 0.430. The summed E-state index contributed by atoms with van der Waals surface area (Å²) in [5.41, 5.74) is -5.09. The fourth-order valence-corrected chi connectivity index (χ4v) is 3.55. The molecule has 2 aliphatic rings. The molecule has 140 valence electrons. The van der Waals surface area contributed by atoms with Crippen molar-refractivity contribution in [2.24, 2.45) is 5.92 Å². The van der Waals surface area contributed by atoms with Gasteiger partial charge in [0.25, 0.3) is 5.60 Å². The van der Waals surface area contributed by atoms with Crippen LogP contribution in [0.5, 0.6) is 0 Å². The van der Waals surface area contributed by atoms with Gasteiger partial charge in [0.15, 0.2) is 6.10 Å². The quantitative estimate of drug-likeness (QED) is 0.211. The first-order chi connectivity index (χ1) is 10.9. The van der Waals surface area contributed by atoms with Crippen LogP contribution in [-0.2, 0) is 9.53 Å². The molecule has 11 heteroatoms. The molecule has 2 fully saturated rings. The Kier molecular flexibility index (Phi) is 5.66.